The Morgan fingerprint density at radius 2 is 1.43 bits per heavy atom. The van der Waals surface area contributed by atoms with E-state index in [1.807, 2.05) is 77.1 Å². The van der Waals surface area contributed by atoms with Crippen molar-refractivity contribution >= 4 is 39.1 Å². The maximum Gasteiger partial charge on any atom is 0.264 e. The van der Waals surface area contributed by atoms with E-state index in [9.17, 15) is 18.0 Å². The first-order valence-corrected chi connectivity index (χ1v) is 17.2. The number of hydrogen-bond donors (Lipinski definition) is 1. The highest BCUT2D eigenvalue weighted by molar-refractivity contribution is 7.92. The summed E-state index contributed by atoms with van der Waals surface area (Å²) >= 11 is 6.17. The van der Waals surface area contributed by atoms with E-state index in [4.69, 9.17) is 11.6 Å². The average Bonchev–Trinajstić information content (AvgIpc) is 3.02. The third-order valence-electron chi connectivity index (χ3n) is 7.56. The van der Waals surface area contributed by atoms with Crippen LogP contribution in [0.4, 0.5) is 5.69 Å². The summed E-state index contributed by atoms with van der Waals surface area (Å²) in [6, 6.07) is 29.4. The van der Waals surface area contributed by atoms with Crippen molar-refractivity contribution in [2.24, 2.45) is 0 Å². The van der Waals surface area contributed by atoms with Gasteiger partial charge in [-0.05, 0) is 81.1 Å². The van der Waals surface area contributed by atoms with E-state index in [0.29, 0.717) is 17.1 Å². The molecule has 242 valence electrons. The Bertz CT molecular complexity index is 1740. The largest absolute Gasteiger partial charge is 0.350 e. The number of nitrogens with zero attached hydrogens (tertiary/aromatic N) is 2. The molecular weight excluding hydrogens is 618 g/mol. The van der Waals surface area contributed by atoms with Crippen LogP contribution in [0.5, 0.6) is 0 Å². The van der Waals surface area contributed by atoms with Gasteiger partial charge >= 0.3 is 0 Å². The van der Waals surface area contributed by atoms with Crippen molar-refractivity contribution in [3.8, 4) is 0 Å². The summed E-state index contributed by atoms with van der Waals surface area (Å²) in [6.07, 6.45) is 0.793. The van der Waals surface area contributed by atoms with Crippen molar-refractivity contribution in [3.63, 3.8) is 0 Å². The highest BCUT2D eigenvalue weighted by atomic mass is 35.5. The molecule has 4 rings (SSSR count). The maximum atomic E-state index is 14.6. The quantitative estimate of drug-likeness (QED) is 0.178. The predicted octanol–water partition coefficient (Wildman–Crippen LogP) is 6.96. The van der Waals surface area contributed by atoms with Crippen molar-refractivity contribution < 1.29 is 18.0 Å². The molecule has 0 radical (unpaired) electrons. The number of nitrogens with one attached hydrogen (secondary N) is 1. The molecule has 4 aromatic rings. The number of carbonyl (C=O) groups excluding carboxylic acids is 2. The molecule has 9 heteroatoms. The molecular formula is C37H42ClN3O4S. The second-order valence-electron chi connectivity index (χ2n) is 12.4. The number of sulfonamides is 1. The summed E-state index contributed by atoms with van der Waals surface area (Å²) in [7, 11) is -4.18. The van der Waals surface area contributed by atoms with Gasteiger partial charge in [-0.25, -0.2) is 8.42 Å². The van der Waals surface area contributed by atoms with Crippen molar-refractivity contribution in [1.82, 2.24) is 10.2 Å². The second-order valence-corrected chi connectivity index (χ2v) is 14.7. The number of amides is 2. The SMILES string of the molecule is CCc1ccccc1N(CC(=O)N(Cc1ccc(Cl)cc1)[C@H](Cc1ccccc1)C(=O)NC(C)(C)C)S(=O)(=O)c1ccc(C)cc1. The first-order chi connectivity index (χ1) is 21.8. The number of benzene rings is 4. The lowest BCUT2D eigenvalue weighted by atomic mass is 10.0. The van der Waals surface area contributed by atoms with E-state index < -0.39 is 34.1 Å². The Balaban J connectivity index is 1.84. The Hall–Kier alpha value is -4.14. The standard InChI is InChI=1S/C37H42ClN3O4S/c1-6-30-14-10-11-15-33(30)41(46(44,45)32-22-16-27(2)17-23-32)26-35(42)40(25-29-18-20-31(38)21-19-29)34(36(43)39-37(3,4)5)24-28-12-8-7-9-13-28/h7-23,34H,6,24-26H2,1-5H3,(H,39,43)/t34-/m1/s1. The average molecular weight is 660 g/mol. The number of carbonyl (C=O) groups is 2. The summed E-state index contributed by atoms with van der Waals surface area (Å²) in [5.74, 6) is -0.845. The van der Waals surface area contributed by atoms with E-state index in [-0.39, 0.29) is 23.8 Å². The van der Waals surface area contributed by atoms with Crippen LogP contribution in [-0.4, -0.2) is 43.3 Å². The molecule has 0 saturated heterocycles. The highest BCUT2D eigenvalue weighted by Crippen LogP contribution is 2.29. The van der Waals surface area contributed by atoms with Gasteiger partial charge in [0.1, 0.15) is 12.6 Å². The van der Waals surface area contributed by atoms with Crippen molar-refractivity contribution in [2.45, 2.75) is 70.5 Å². The van der Waals surface area contributed by atoms with Crippen molar-refractivity contribution in [3.05, 3.63) is 130 Å². The maximum absolute atomic E-state index is 14.6. The van der Waals surface area contributed by atoms with Crippen LogP contribution in [0.25, 0.3) is 0 Å². The molecule has 46 heavy (non-hydrogen) atoms. The van der Waals surface area contributed by atoms with Crippen LogP contribution in [0.2, 0.25) is 5.02 Å². The zero-order chi connectivity index (χ0) is 33.5. The molecule has 0 unspecified atom stereocenters. The van der Waals surface area contributed by atoms with Gasteiger partial charge in [-0.15, -0.1) is 0 Å². The Morgan fingerprint density at radius 3 is 2.04 bits per heavy atom. The van der Waals surface area contributed by atoms with Gasteiger partial charge < -0.3 is 10.2 Å². The molecule has 1 atom stereocenters. The minimum absolute atomic E-state index is 0.0684. The zero-order valence-corrected chi connectivity index (χ0v) is 28.6. The molecule has 0 spiro atoms. The number of anilines is 1. The molecule has 4 aromatic carbocycles. The third kappa shape index (κ3) is 8.98. The molecule has 7 nitrogen and oxygen atoms in total. The Morgan fingerprint density at radius 1 is 0.826 bits per heavy atom. The Kier molecular flexibility index (Phi) is 11.3. The van der Waals surface area contributed by atoms with Gasteiger partial charge in [0.15, 0.2) is 0 Å². The van der Waals surface area contributed by atoms with Gasteiger partial charge in [0.05, 0.1) is 10.6 Å². The van der Waals surface area contributed by atoms with E-state index in [1.165, 1.54) is 9.21 Å². The number of halogens is 1. The number of rotatable bonds is 12. The lowest BCUT2D eigenvalue weighted by molar-refractivity contribution is -0.140. The smallest absolute Gasteiger partial charge is 0.264 e. The third-order valence-corrected chi connectivity index (χ3v) is 9.59. The minimum Gasteiger partial charge on any atom is -0.350 e. The molecule has 0 aromatic heterocycles. The fraction of sp³-hybridized carbons (Fsp3) is 0.297. The highest BCUT2D eigenvalue weighted by Gasteiger charge is 2.36. The van der Waals surface area contributed by atoms with E-state index in [0.717, 1.165) is 22.3 Å². The van der Waals surface area contributed by atoms with E-state index in [1.54, 1.807) is 60.7 Å². The molecule has 0 heterocycles. The summed E-state index contributed by atoms with van der Waals surface area (Å²) in [5, 5.41) is 3.59. The van der Waals surface area contributed by atoms with E-state index >= 15 is 0 Å². The van der Waals surface area contributed by atoms with Crippen LogP contribution < -0.4 is 9.62 Å². The number of aryl methyl sites for hydroxylation is 2. The molecule has 1 N–H and O–H groups in total. The number of para-hydroxylation sites is 1. The van der Waals surface area contributed by atoms with Crippen LogP contribution >= 0.6 is 11.6 Å². The minimum atomic E-state index is -4.18. The summed E-state index contributed by atoms with van der Waals surface area (Å²) in [4.78, 5) is 30.2. The van der Waals surface area contributed by atoms with E-state index in [2.05, 4.69) is 5.32 Å². The first kappa shape index (κ1) is 34.7. The fourth-order valence-electron chi connectivity index (χ4n) is 5.20. The fourth-order valence-corrected chi connectivity index (χ4v) is 6.78. The summed E-state index contributed by atoms with van der Waals surface area (Å²) in [5.41, 5.74) is 3.16. The Labute approximate surface area is 278 Å². The van der Waals surface area contributed by atoms with Gasteiger partial charge in [-0.2, -0.15) is 0 Å². The summed E-state index contributed by atoms with van der Waals surface area (Å²) < 4.78 is 29.8. The topological polar surface area (TPSA) is 86.8 Å². The molecule has 0 saturated carbocycles. The zero-order valence-electron chi connectivity index (χ0n) is 27.0. The molecule has 0 aliphatic rings. The molecule has 0 bridgehead atoms. The van der Waals surface area contributed by atoms with Gasteiger partial charge in [0.25, 0.3) is 10.0 Å². The van der Waals surface area contributed by atoms with Crippen molar-refractivity contribution in [2.75, 3.05) is 10.8 Å². The normalized spacial score (nSPS) is 12.3. The van der Waals surface area contributed by atoms with Crippen LogP contribution in [-0.2, 0) is 39.0 Å². The van der Waals surface area contributed by atoms with Gasteiger partial charge in [0.2, 0.25) is 11.8 Å². The van der Waals surface area contributed by atoms with Crippen molar-refractivity contribution in [1.29, 1.82) is 0 Å². The lowest BCUT2D eigenvalue weighted by Crippen LogP contribution is -2.56. The van der Waals surface area contributed by atoms with Crippen LogP contribution in [0.3, 0.4) is 0 Å². The predicted molar refractivity (Wildman–Crippen MR) is 185 cm³/mol. The lowest BCUT2D eigenvalue weighted by Gasteiger charge is -2.35. The van der Waals surface area contributed by atoms with Gasteiger partial charge in [0, 0.05) is 23.5 Å². The van der Waals surface area contributed by atoms with Crippen LogP contribution in [0.15, 0.2) is 108 Å². The van der Waals surface area contributed by atoms with Crippen LogP contribution in [0.1, 0.15) is 49.9 Å². The number of hydrogen-bond acceptors (Lipinski definition) is 4. The molecule has 0 aliphatic heterocycles. The van der Waals surface area contributed by atoms with Gasteiger partial charge in [-0.3, -0.25) is 13.9 Å². The first-order valence-electron chi connectivity index (χ1n) is 15.4. The summed E-state index contributed by atoms with van der Waals surface area (Å²) in [6.45, 7) is 9.03. The van der Waals surface area contributed by atoms with Crippen LogP contribution in [0, 0.1) is 6.92 Å². The molecule has 0 aliphatic carbocycles. The molecule has 0 fully saturated rings. The monoisotopic (exact) mass is 659 g/mol. The second kappa shape index (κ2) is 15.0. The van der Waals surface area contributed by atoms with Gasteiger partial charge in [-0.1, -0.05) is 96.9 Å². The molecule has 2 amide bonds.